The quantitative estimate of drug-likeness (QED) is 0.0396. The molecule has 0 fully saturated rings. The van der Waals surface area contributed by atoms with E-state index in [9.17, 15) is 9.59 Å². The van der Waals surface area contributed by atoms with Crippen LogP contribution < -0.4 is 0 Å². The zero-order chi connectivity index (χ0) is 30.8. The van der Waals surface area contributed by atoms with Crippen molar-refractivity contribution in [3.8, 4) is 0 Å². The van der Waals surface area contributed by atoms with Crippen molar-refractivity contribution in [2.45, 2.75) is 143 Å². The minimum absolute atomic E-state index is 0.259. The van der Waals surface area contributed by atoms with E-state index in [-0.39, 0.29) is 12.3 Å². The van der Waals surface area contributed by atoms with Gasteiger partial charge >= 0.3 is 11.9 Å². The van der Waals surface area contributed by atoms with Crippen LogP contribution in [-0.4, -0.2) is 11.9 Å². The molecule has 0 radical (unpaired) electrons. The molecular weight excluding hydrogens is 524 g/mol. The second kappa shape index (κ2) is 32.8. The van der Waals surface area contributed by atoms with Crippen molar-refractivity contribution >= 4 is 11.9 Å². The highest BCUT2D eigenvalue weighted by molar-refractivity contribution is 5.71. The predicted molar refractivity (Wildman–Crippen MR) is 176 cm³/mol. The summed E-state index contributed by atoms with van der Waals surface area (Å²) in [5, 5.41) is 4.45. The van der Waals surface area contributed by atoms with Crippen LogP contribution in [0.15, 0.2) is 72.9 Å². The monoisotopic (exact) mass is 584 g/mol. The summed E-state index contributed by atoms with van der Waals surface area (Å²) in [7, 11) is 0. The smallest absolute Gasteiger partial charge is 0.260 e. The van der Waals surface area contributed by atoms with E-state index in [0.29, 0.717) is 0 Å². The summed E-state index contributed by atoms with van der Waals surface area (Å²) in [6.45, 7) is 6.10. The molecule has 1 unspecified atom stereocenters. The minimum Gasteiger partial charge on any atom is -0.260 e. The number of carbonyl (C=O) groups excluding carboxylic acids is 2. The van der Waals surface area contributed by atoms with Crippen molar-refractivity contribution in [3.05, 3.63) is 72.9 Å². The largest absolute Gasteiger partial charge is 0.349 e. The molecule has 0 spiro atoms. The van der Waals surface area contributed by atoms with Crippen LogP contribution in [-0.2, 0) is 24.4 Å². The molecule has 5 nitrogen and oxygen atoms in total. The maximum absolute atomic E-state index is 12.0. The maximum atomic E-state index is 12.0. The Morgan fingerprint density at radius 3 is 1.48 bits per heavy atom. The molecule has 0 saturated heterocycles. The van der Waals surface area contributed by atoms with E-state index in [1.54, 1.807) is 0 Å². The molecule has 0 aliphatic carbocycles. The normalized spacial score (nSPS) is 13.1. The molecule has 238 valence electrons. The van der Waals surface area contributed by atoms with Gasteiger partial charge in [-0.2, -0.15) is 0 Å². The maximum Gasteiger partial charge on any atom is 0.349 e. The second-order valence-corrected chi connectivity index (χ2v) is 10.7. The number of unbranched alkanes of at least 4 members (excludes halogenated alkanes) is 9. The van der Waals surface area contributed by atoms with E-state index in [2.05, 4.69) is 102 Å². The van der Waals surface area contributed by atoms with Gasteiger partial charge in [-0.1, -0.05) is 132 Å². The third kappa shape index (κ3) is 30.3. The molecule has 0 heterocycles. The van der Waals surface area contributed by atoms with Crippen LogP contribution in [0.2, 0.25) is 0 Å². The lowest BCUT2D eigenvalue weighted by Gasteiger charge is -2.09. The van der Waals surface area contributed by atoms with Crippen LogP contribution in [0.3, 0.4) is 0 Å². The van der Waals surface area contributed by atoms with Gasteiger partial charge in [-0.3, -0.25) is 9.78 Å². The van der Waals surface area contributed by atoms with Gasteiger partial charge in [-0.25, -0.2) is 9.59 Å². The Hall–Kier alpha value is -2.66. The molecule has 0 rings (SSSR count). The van der Waals surface area contributed by atoms with Gasteiger partial charge in [0.25, 0.3) is 0 Å². The molecule has 0 bridgehead atoms. The molecule has 0 aromatic carbocycles. The molecule has 42 heavy (non-hydrogen) atoms. The highest BCUT2D eigenvalue weighted by Crippen LogP contribution is 2.14. The Morgan fingerprint density at radius 1 is 0.524 bits per heavy atom. The van der Waals surface area contributed by atoms with Crippen LogP contribution in [0.25, 0.3) is 0 Å². The van der Waals surface area contributed by atoms with E-state index >= 15 is 0 Å². The number of allylic oxidation sites excluding steroid dienone is 12. The predicted octanol–water partition coefficient (Wildman–Crippen LogP) is 11.3. The first-order chi connectivity index (χ1) is 20.6. The average molecular weight is 585 g/mol. The molecule has 0 saturated carbocycles. The highest BCUT2D eigenvalue weighted by Gasteiger charge is 2.16. The Kier molecular flexibility index (Phi) is 30.8. The van der Waals surface area contributed by atoms with Crippen molar-refractivity contribution in [3.63, 3.8) is 0 Å². The Bertz CT molecular complexity index is 803. The van der Waals surface area contributed by atoms with E-state index in [1.165, 1.54) is 0 Å². The number of rotatable bonds is 28. The SMILES string of the molecule is CC/C=C\C/C=C\C/C=C\CCCCCCCC(=O)OOOC(=O)C(C)CCCCCC/C=C\C/C=C\C/C=C\CC. The summed E-state index contributed by atoms with van der Waals surface area (Å²) in [6.07, 6.45) is 45.4. The number of hydrogen-bond donors (Lipinski definition) is 0. The number of carbonyl (C=O) groups is 2. The molecule has 1 atom stereocenters. The molecule has 5 heteroatoms. The lowest BCUT2D eigenvalue weighted by molar-refractivity contribution is -0.460. The zero-order valence-corrected chi connectivity index (χ0v) is 27.0. The first kappa shape index (κ1) is 39.3. The fraction of sp³-hybridized carbons (Fsp3) is 0.622. The minimum atomic E-state index is -0.508. The fourth-order valence-electron chi connectivity index (χ4n) is 4.11. The van der Waals surface area contributed by atoms with Crippen LogP contribution in [0.5, 0.6) is 0 Å². The summed E-state index contributed by atoms with van der Waals surface area (Å²) in [5.41, 5.74) is 0. The van der Waals surface area contributed by atoms with Gasteiger partial charge in [-0.05, 0) is 77.0 Å². The van der Waals surface area contributed by atoms with Crippen LogP contribution >= 0.6 is 0 Å². The van der Waals surface area contributed by atoms with Crippen LogP contribution in [0.4, 0.5) is 0 Å². The second-order valence-electron chi connectivity index (χ2n) is 10.7. The van der Waals surface area contributed by atoms with Gasteiger partial charge in [0.2, 0.25) is 0 Å². The fourth-order valence-corrected chi connectivity index (χ4v) is 4.11. The Morgan fingerprint density at radius 2 is 0.952 bits per heavy atom. The van der Waals surface area contributed by atoms with Gasteiger partial charge in [0.15, 0.2) is 0 Å². The molecule has 0 N–H and O–H groups in total. The van der Waals surface area contributed by atoms with E-state index in [4.69, 9.17) is 0 Å². The van der Waals surface area contributed by atoms with Crippen molar-refractivity contribution in [2.75, 3.05) is 0 Å². The first-order valence-electron chi connectivity index (χ1n) is 16.6. The summed E-state index contributed by atoms with van der Waals surface area (Å²) in [5.74, 6) is -1.30. The van der Waals surface area contributed by atoms with Crippen molar-refractivity contribution in [1.82, 2.24) is 0 Å². The van der Waals surface area contributed by atoms with Crippen molar-refractivity contribution < 1.29 is 24.4 Å². The topological polar surface area (TPSA) is 61.8 Å². The van der Waals surface area contributed by atoms with E-state index in [1.807, 2.05) is 6.92 Å². The first-order valence-corrected chi connectivity index (χ1v) is 16.6. The molecule has 0 aromatic rings. The average Bonchev–Trinajstić information content (AvgIpc) is 2.99. The zero-order valence-electron chi connectivity index (χ0n) is 27.0. The van der Waals surface area contributed by atoms with Gasteiger partial charge in [0, 0.05) is 11.5 Å². The van der Waals surface area contributed by atoms with Crippen molar-refractivity contribution in [2.24, 2.45) is 5.92 Å². The highest BCUT2D eigenvalue weighted by atomic mass is 17.5. The number of hydrogen-bond acceptors (Lipinski definition) is 5. The van der Waals surface area contributed by atoms with E-state index in [0.717, 1.165) is 116 Å². The Balaban J connectivity index is 3.56. The van der Waals surface area contributed by atoms with Crippen LogP contribution in [0, 0.1) is 5.92 Å². The summed E-state index contributed by atoms with van der Waals surface area (Å²) in [4.78, 5) is 33.1. The van der Waals surface area contributed by atoms with Gasteiger partial charge in [-0.15, -0.1) is 0 Å². The third-order valence-corrected chi connectivity index (χ3v) is 6.72. The lowest BCUT2D eigenvalue weighted by atomic mass is 10.0. The van der Waals surface area contributed by atoms with Gasteiger partial charge in [0.1, 0.15) is 0 Å². The third-order valence-electron chi connectivity index (χ3n) is 6.72. The van der Waals surface area contributed by atoms with Gasteiger partial charge < -0.3 is 0 Å². The molecule has 0 aliphatic heterocycles. The molecule has 0 amide bonds. The molecular formula is C37H60O5. The summed E-state index contributed by atoms with van der Waals surface area (Å²) in [6, 6.07) is 0. The van der Waals surface area contributed by atoms with Crippen molar-refractivity contribution in [1.29, 1.82) is 0 Å². The Labute approximate surface area is 257 Å². The molecule has 0 aromatic heterocycles. The van der Waals surface area contributed by atoms with E-state index < -0.39 is 11.9 Å². The summed E-state index contributed by atoms with van der Waals surface area (Å²) < 4.78 is 0. The lowest BCUT2D eigenvalue weighted by Crippen LogP contribution is -2.17. The summed E-state index contributed by atoms with van der Waals surface area (Å²) >= 11 is 0. The van der Waals surface area contributed by atoms with Crippen LogP contribution in [0.1, 0.15) is 143 Å². The molecule has 0 aliphatic rings. The standard InChI is InChI=1S/C37H60O5/c1-4-6-8-10-12-14-16-18-20-22-24-26-28-30-32-34-36(38)40-42-41-37(39)35(3)33-31-29-27-25-23-21-19-17-15-13-11-9-7-5-2/h6-9,12-15,18-21,35H,4-5,10-11,16-17,22-34H2,1-3H3/b8-6-,9-7-,14-12-,15-13-,20-18-,21-19-. The van der Waals surface area contributed by atoms with Gasteiger partial charge in [0.05, 0.1) is 5.92 Å².